The molecule has 0 bridgehead atoms. The Morgan fingerprint density at radius 2 is 2.00 bits per heavy atom. The molecule has 0 atom stereocenters. The number of rotatable bonds is 8. The first kappa shape index (κ1) is 26.6. The van der Waals surface area contributed by atoms with Crippen LogP contribution in [0.2, 0.25) is 10.0 Å². The van der Waals surface area contributed by atoms with Crippen molar-refractivity contribution >= 4 is 41.0 Å². The van der Waals surface area contributed by atoms with Crippen LogP contribution in [0.4, 0.5) is 14.9 Å². The molecule has 0 spiro atoms. The summed E-state index contributed by atoms with van der Waals surface area (Å²) in [5.41, 5.74) is 2.02. The number of ether oxygens (including phenoxy) is 3. The summed E-state index contributed by atoms with van der Waals surface area (Å²) in [6.45, 7) is -0.808. The van der Waals surface area contributed by atoms with Crippen molar-refractivity contribution in [3.05, 3.63) is 93.5 Å². The van der Waals surface area contributed by atoms with Gasteiger partial charge in [0.2, 0.25) is 0 Å². The highest BCUT2D eigenvalue weighted by atomic mass is 35.5. The Labute approximate surface area is 253 Å². The molecule has 1 aliphatic heterocycles. The number of anilines is 1. The number of fused-ring (bicyclic) bond motifs is 1. The number of carboxylic acid groups (broad SMARTS) is 1. The minimum absolute atomic E-state index is 0.0389. The van der Waals surface area contributed by atoms with Gasteiger partial charge >= 0.3 is 12.1 Å². The van der Waals surface area contributed by atoms with Gasteiger partial charge in [0.1, 0.15) is 24.7 Å². The van der Waals surface area contributed by atoms with Crippen molar-refractivity contribution in [2.75, 3.05) is 31.2 Å². The van der Waals surface area contributed by atoms with E-state index >= 15 is 0 Å². The van der Waals surface area contributed by atoms with Crippen LogP contribution >= 0.6 is 23.2 Å². The van der Waals surface area contributed by atoms with Crippen LogP contribution < -0.4 is 14.4 Å². The smallest absolute Gasteiger partial charge is 0.414 e. The van der Waals surface area contributed by atoms with Crippen LogP contribution in [0, 0.1) is 12.7 Å². The van der Waals surface area contributed by atoms with Crippen molar-refractivity contribution in [1.29, 1.82) is 0 Å². The number of nitrogens with zero attached hydrogens (tertiary/aromatic N) is 3. The number of aromatic carboxylic acids is 1. The molecule has 12 heteroatoms. The Bertz CT molecular complexity index is 1710. The second-order valence-corrected chi connectivity index (χ2v) is 10.1. The minimum atomic E-state index is -2.33. The predicted octanol–water partition coefficient (Wildman–Crippen LogP) is 6.86. The van der Waals surface area contributed by atoms with Crippen molar-refractivity contribution in [2.45, 2.75) is 19.9 Å². The molecule has 1 amide bonds. The van der Waals surface area contributed by atoms with Crippen LogP contribution in [0.5, 0.6) is 11.5 Å². The predicted molar refractivity (Wildman–Crippen MR) is 156 cm³/mol. The first-order valence-electron chi connectivity index (χ1n) is 13.8. The molecule has 0 radical (unpaired) electrons. The van der Waals surface area contributed by atoms with Gasteiger partial charge in [-0.25, -0.2) is 14.0 Å². The Morgan fingerprint density at radius 3 is 2.79 bits per heavy atom. The van der Waals surface area contributed by atoms with Gasteiger partial charge in [-0.1, -0.05) is 41.4 Å². The van der Waals surface area contributed by atoms with E-state index in [1.54, 1.807) is 55.7 Å². The maximum absolute atomic E-state index is 14.7. The molecular formula is C30H26Cl2FN3O6. The lowest BCUT2D eigenvalue weighted by atomic mass is 10.1. The Hall–Kier alpha value is -4.28. The van der Waals surface area contributed by atoms with Gasteiger partial charge in [0.15, 0.2) is 5.75 Å². The third-order valence-corrected chi connectivity index (χ3v) is 7.33. The van der Waals surface area contributed by atoms with Crippen LogP contribution in [-0.2, 0) is 11.3 Å². The van der Waals surface area contributed by atoms with Gasteiger partial charge in [0.25, 0.3) is 0 Å². The van der Waals surface area contributed by atoms with E-state index in [9.17, 15) is 14.0 Å². The molecule has 5 rings (SSSR count). The van der Waals surface area contributed by atoms with E-state index in [0.29, 0.717) is 46.2 Å². The molecule has 0 fully saturated rings. The summed E-state index contributed by atoms with van der Waals surface area (Å²) < 4.78 is 49.4. The zero-order valence-electron chi connectivity index (χ0n) is 24.3. The van der Waals surface area contributed by atoms with Crippen molar-refractivity contribution in [3.63, 3.8) is 0 Å². The highest BCUT2D eigenvalue weighted by Crippen LogP contribution is 2.40. The molecule has 218 valence electrons. The van der Waals surface area contributed by atoms with E-state index in [1.165, 1.54) is 15.6 Å². The number of hydrogen-bond acceptors (Lipinski definition) is 6. The lowest BCUT2D eigenvalue weighted by Crippen LogP contribution is -2.33. The molecule has 0 saturated heterocycles. The highest BCUT2D eigenvalue weighted by molar-refractivity contribution is 6.32. The van der Waals surface area contributed by atoms with Gasteiger partial charge in [-0.2, -0.15) is 5.10 Å². The number of carboxylic acids is 1. The first-order chi connectivity index (χ1) is 20.9. The Morgan fingerprint density at radius 1 is 1.19 bits per heavy atom. The summed E-state index contributed by atoms with van der Waals surface area (Å²) in [7, 11) is 0. The number of para-hydroxylation sites is 1. The van der Waals surface area contributed by atoms with Crippen LogP contribution in [0.15, 0.2) is 60.9 Å². The summed E-state index contributed by atoms with van der Waals surface area (Å²) in [6, 6.07) is 12.2. The van der Waals surface area contributed by atoms with Crippen molar-refractivity contribution < 1.29 is 36.0 Å². The number of halogens is 3. The van der Waals surface area contributed by atoms with Crippen molar-refractivity contribution in [2.24, 2.45) is 0 Å². The van der Waals surface area contributed by atoms with Crippen molar-refractivity contribution in [3.8, 4) is 22.6 Å². The fourth-order valence-corrected chi connectivity index (χ4v) is 4.86. The standard InChI is InChI=1S/C30H26Cl2FN3O6/c1-18-23(31)6-3-8-27(18)40-11-12-42-30(39)36-9-4-10-41-28-21(5-2-7-26(28)36)20-15-34-35(16-20)17-22-24(32)13-19(29(37)38)14-25(22)33/h2-3,5-8,13-16H,4,9-12,17H2,1H3,(H,37,38)/i11D2. The van der Waals surface area contributed by atoms with E-state index in [-0.39, 0.29) is 35.0 Å². The van der Waals surface area contributed by atoms with Crippen LogP contribution in [0.25, 0.3) is 11.1 Å². The van der Waals surface area contributed by atoms with Gasteiger partial charge in [-0.15, -0.1) is 0 Å². The maximum Gasteiger partial charge on any atom is 0.414 e. The second-order valence-electron chi connectivity index (χ2n) is 9.32. The molecule has 0 saturated carbocycles. The number of carbonyl (C=O) groups is 2. The van der Waals surface area contributed by atoms with E-state index in [4.69, 9.17) is 45.3 Å². The Kier molecular flexibility index (Phi) is 8.05. The molecule has 4 aromatic rings. The zero-order chi connectivity index (χ0) is 31.6. The molecule has 1 N–H and O–H groups in total. The number of hydrogen-bond donors (Lipinski definition) is 1. The summed E-state index contributed by atoms with van der Waals surface area (Å²) in [5, 5.41) is 13.8. The topological polar surface area (TPSA) is 103 Å². The monoisotopic (exact) mass is 615 g/mol. The van der Waals surface area contributed by atoms with Gasteiger partial charge < -0.3 is 19.3 Å². The van der Waals surface area contributed by atoms with E-state index in [0.717, 1.165) is 6.07 Å². The van der Waals surface area contributed by atoms with Crippen LogP contribution in [0.1, 0.15) is 30.6 Å². The van der Waals surface area contributed by atoms with Gasteiger partial charge in [-0.3, -0.25) is 9.58 Å². The van der Waals surface area contributed by atoms with Crippen LogP contribution in [0.3, 0.4) is 0 Å². The molecule has 1 aliphatic rings. The van der Waals surface area contributed by atoms with E-state index in [2.05, 4.69) is 5.10 Å². The maximum atomic E-state index is 14.7. The highest BCUT2D eigenvalue weighted by Gasteiger charge is 2.26. The largest absolute Gasteiger partial charge is 0.491 e. The van der Waals surface area contributed by atoms with Crippen molar-refractivity contribution in [1.82, 2.24) is 9.78 Å². The molecule has 0 aliphatic carbocycles. The van der Waals surface area contributed by atoms with Gasteiger partial charge in [0, 0.05) is 45.0 Å². The number of aromatic nitrogens is 2. The molecule has 9 nitrogen and oxygen atoms in total. The summed E-state index contributed by atoms with van der Waals surface area (Å²) in [4.78, 5) is 25.8. The number of amides is 1. The molecule has 42 heavy (non-hydrogen) atoms. The lowest BCUT2D eigenvalue weighted by molar-refractivity contribution is 0.0696. The normalized spacial score (nSPS) is 13.8. The average Bonchev–Trinajstić information content (AvgIpc) is 3.33. The molecule has 2 heterocycles. The third-order valence-electron chi connectivity index (χ3n) is 6.58. The fraction of sp³-hybridized carbons (Fsp3) is 0.233. The summed E-state index contributed by atoms with van der Waals surface area (Å²) in [5.74, 6) is -1.43. The number of carbonyl (C=O) groups excluding carboxylic acids is 1. The third kappa shape index (κ3) is 6.29. The average molecular weight is 616 g/mol. The first-order valence-corrected chi connectivity index (χ1v) is 13.6. The summed E-state index contributed by atoms with van der Waals surface area (Å²) >= 11 is 12.3. The molecular weight excluding hydrogens is 588 g/mol. The van der Waals surface area contributed by atoms with Gasteiger partial charge in [0.05, 0.1) is 33.3 Å². The minimum Gasteiger partial charge on any atom is -0.491 e. The van der Waals surface area contributed by atoms with E-state index < -0.39 is 31.0 Å². The molecule has 0 unspecified atom stereocenters. The molecule has 1 aromatic heterocycles. The fourth-order valence-electron chi connectivity index (χ4n) is 4.43. The summed E-state index contributed by atoms with van der Waals surface area (Å²) in [6.07, 6.45) is 2.90. The lowest BCUT2D eigenvalue weighted by Gasteiger charge is -2.22. The quantitative estimate of drug-likeness (QED) is 0.231. The van der Waals surface area contributed by atoms with E-state index in [1.807, 2.05) is 0 Å². The number of benzene rings is 3. The zero-order valence-corrected chi connectivity index (χ0v) is 23.8. The Balaban J connectivity index is 1.34. The molecule has 3 aromatic carbocycles. The van der Waals surface area contributed by atoms with Gasteiger partial charge in [-0.05, 0) is 43.7 Å². The van der Waals surface area contributed by atoms with Crippen LogP contribution in [-0.4, -0.2) is 53.3 Å². The second kappa shape index (κ2) is 12.7. The SMILES string of the molecule is [2H]C([2H])(COC(=O)N1CCCOc2c(-c3cnn(Cc4c(F)cc(C(=O)O)cc4Cl)c3)cccc21)Oc1cccc(Cl)c1C.